The van der Waals surface area contributed by atoms with E-state index in [0.717, 1.165) is 38.9 Å². The molecule has 1 aliphatic rings. The molecule has 1 aromatic carbocycles. The molecule has 1 amide bonds. The van der Waals surface area contributed by atoms with Crippen molar-refractivity contribution in [1.29, 1.82) is 0 Å². The zero-order valence-corrected chi connectivity index (χ0v) is 15.8. The Hall–Kier alpha value is -2.43. The molecule has 2 aromatic rings. The Kier molecular flexibility index (Phi) is 6.21. The van der Waals surface area contributed by atoms with Gasteiger partial charge in [0.15, 0.2) is 0 Å². The van der Waals surface area contributed by atoms with Crippen LogP contribution in [0.5, 0.6) is 0 Å². The van der Waals surface area contributed by atoms with Crippen LogP contribution in [0.25, 0.3) is 0 Å². The fraction of sp³-hybridized carbons (Fsp3) is 0.476. The van der Waals surface area contributed by atoms with Gasteiger partial charge in [0.25, 0.3) is 5.91 Å². The van der Waals surface area contributed by atoms with Crippen LogP contribution in [-0.2, 0) is 6.54 Å². The number of hydrogen-bond donors (Lipinski definition) is 0. The molecular weight excluding hydrogens is 324 g/mol. The third-order valence-corrected chi connectivity index (χ3v) is 5.10. The fourth-order valence-corrected chi connectivity index (χ4v) is 3.59. The Balaban J connectivity index is 1.79. The standard InChI is InChI=1S/C21H28N4O/c1-3-18-12-8-9-15-25(18)20(26)19-13-14-22-21(23-19)24(4-2)16-17-10-6-5-7-11-17/h5-7,10-11,13-14,18H,3-4,8-9,12,15-16H2,1-2H3. The second-order valence-corrected chi connectivity index (χ2v) is 6.80. The van der Waals surface area contributed by atoms with Crippen LogP contribution in [0.2, 0.25) is 0 Å². The maximum absolute atomic E-state index is 13.0. The SMILES string of the molecule is CCC1CCCCN1C(=O)c1ccnc(N(CC)Cc2ccccc2)n1. The number of anilines is 1. The number of aromatic nitrogens is 2. The molecule has 1 fully saturated rings. The van der Waals surface area contributed by atoms with E-state index in [1.54, 1.807) is 12.3 Å². The number of hydrogen-bond acceptors (Lipinski definition) is 4. The van der Waals surface area contributed by atoms with Gasteiger partial charge >= 0.3 is 0 Å². The summed E-state index contributed by atoms with van der Waals surface area (Å²) in [5, 5.41) is 0. The first-order chi connectivity index (χ1) is 12.7. The molecule has 1 atom stereocenters. The molecule has 0 bridgehead atoms. The summed E-state index contributed by atoms with van der Waals surface area (Å²) < 4.78 is 0. The van der Waals surface area contributed by atoms with E-state index in [-0.39, 0.29) is 5.91 Å². The molecule has 26 heavy (non-hydrogen) atoms. The van der Waals surface area contributed by atoms with Gasteiger partial charge < -0.3 is 9.80 Å². The molecule has 5 nitrogen and oxygen atoms in total. The molecule has 0 saturated carbocycles. The minimum absolute atomic E-state index is 0.0379. The third kappa shape index (κ3) is 4.21. The lowest BCUT2D eigenvalue weighted by molar-refractivity contribution is 0.0602. The van der Waals surface area contributed by atoms with E-state index < -0.39 is 0 Å². The van der Waals surface area contributed by atoms with Gasteiger partial charge in [-0.15, -0.1) is 0 Å². The van der Waals surface area contributed by atoms with Gasteiger partial charge in [-0.3, -0.25) is 4.79 Å². The van der Waals surface area contributed by atoms with Crippen molar-refractivity contribution in [1.82, 2.24) is 14.9 Å². The first-order valence-electron chi connectivity index (χ1n) is 9.65. The van der Waals surface area contributed by atoms with Crippen molar-refractivity contribution < 1.29 is 4.79 Å². The van der Waals surface area contributed by atoms with Crippen LogP contribution in [-0.4, -0.2) is 39.9 Å². The summed E-state index contributed by atoms with van der Waals surface area (Å²) in [5.74, 6) is 0.656. The number of benzene rings is 1. The van der Waals surface area contributed by atoms with Crippen LogP contribution in [0.1, 0.15) is 55.6 Å². The molecule has 0 spiro atoms. The number of carbonyl (C=O) groups excluding carboxylic acids is 1. The molecule has 3 rings (SSSR count). The zero-order valence-electron chi connectivity index (χ0n) is 15.8. The van der Waals surface area contributed by atoms with Crippen LogP contribution < -0.4 is 4.90 Å². The average molecular weight is 352 g/mol. The fourth-order valence-electron chi connectivity index (χ4n) is 3.59. The minimum Gasteiger partial charge on any atom is -0.337 e. The van der Waals surface area contributed by atoms with Crippen molar-refractivity contribution in [3.05, 3.63) is 53.9 Å². The summed E-state index contributed by atoms with van der Waals surface area (Å²) in [5.41, 5.74) is 1.71. The zero-order chi connectivity index (χ0) is 18.4. The Morgan fingerprint density at radius 1 is 1.19 bits per heavy atom. The lowest BCUT2D eigenvalue weighted by atomic mass is 9.99. The highest BCUT2D eigenvalue weighted by Crippen LogP contribution is 2.22. The number of likely N-dealkylation sites (tertiary alicyclic amines) is 1. The molecule has 0 radical (unpaired) electrons. The summed E-state index contributed by atoms with van der Waals surface area (Å²) in [6, 6.07) is 12.3. The quantitative estimate of drug-likeness (QED) is 0.791. The largest absolute Gasteiger partial charge is 0.337 e. The number of amides is 1. The molecule has 1 saturated heterocycles. The molecular formula is C21H28N4O. The number of carbonyl (C=O) groups is 1. The van der Waals surface area contributed by atoms with E-state index in [1.165, 1.54) is 12.0 Å². The van der Waals surface area contributed by atoms with Crippen LogP contribution in [0.3, 0.4) is 0 Å². The van der Waals surface area contributed by atoms with E-state index >= 15 is 0 Å². The highest BCUT2D eigenvalue weighted by Gasteiger charge is 2.27. The Morgan fingerprint density at radius 3 is 2.73 bits per heavy atom. The maximum atomic E-state index is 13.0. The highest BCUT2D eigenvalue weighted by molar-refractivity contribution is 5.92. The summed E-state index contributed by atoms with van der Waals surface area (Å²) in [6.07, 6.45) is 6.08. The molecule has 1 aromatic heterocycles. The van der Waals surface area contributed by atoms with Crippen molar-refractivity contribution in [2.75, 3.05) is 18.0 Å². The van der Waals surface area contributed by atoms with Gasteiger partial charge in [-0.05, 0) is 44.2 Å². The van der Waals surface area contributed by atoms with Crippen LogP contribution >= 0.6 is 0 Å². The normalized spacial score (nSPS) is 17.2. The summed E-state index contributed by atoms with van der Waals surface area (Å²) in [7, 11) is 0. The van der Waals surface area contributed by atoms with Crippen LogP contribution in [0.4, 0.5) is 5.95 Å². The van der Waals surface area contributed by atoms with E-state index in [0.29, 0.717) is 17.7 Å². The van der Waals surface area contributed by atoms with Gasteiger partial charge in [-0.25, -0.2) is 9.97 Å². The van der Waals surface area contributed by atoms with Crippen molar-refractivity contribution in [2.45, 2.75) is 52.1 Å². The molecule has 2 heterocycles. The monoisotopic (exact) mass is 352 g/mol. The predicted octanol–water partition coefficient (Wildman–Crippen LogP) is 3.91. The van der Waals surface area contributed by atoms with Gasteiger partial charge in [-0.1, -0.05) is 37.3 Å². The van der Waals surface area contributed by atoms with Gasteiger partial charge in [-0.2, -0.15) is 0 Å². The van der Waals surface area contributed by atoms with Crippen LogP contribution in [0.15, 0.2) is 42.6 Å². The summed E-state index contributed by atoms with van der Waals surface area (Å²) in [4.78, 5) is 26.1. The number of nitrogens with zero attached hydrogens (tertiary/aromatic N) is 4. The predicted molar refractivity (Wildman–Crippen MR) is 104 cm³/mol. The highest BCUT2D eigenvalue weighted by atomic mass is 16.2. The van der Waals surface area contributed by atoms with E-state index in [2.05, 4.69) is 40.8 Å². The smallest absolute Gasteiger partial charge is 0.272 e. The number of piperidine rings is 1. The van der Waals surface area contributed by atoms with Crippen LogP contribution in [0, 0.1) is 0 Å². The molecule has 0 aliphatic carbocycles. The Bertz CT molecular complexity index is 719. The minimum atomic E-state index is 0.0379. The third-order valence-electron chi connectivity index (χ3n) is 5.10. The van der Waals surface area contributed by atoms with Gasteiger partial charge in [0, 0.05) is 31.9 Å². The molecule has 0 N–H and O–H groups in total. The Labute approximate surface area is 156 Å². The topological polar surface area (TPSA) is 49.3 Å². The van der Waals surface area contributed by atoms with Crippen molar-refractivity contribution in [2.24, 2.45) is 0 Å². The molecule has 138 valence electrons. The molecule has 5 heteroatoms. The average Bonchev–Trinajstić information content (AvgIpc) is 2.72. The van der Waals surface area contributed by atoms with E-state index in [4.69, 9.17) is 0 Å². The van der Waals surface area contributed by atoms with Crippen molar-refractivity contribution >= 4 is 11.9 Å². The lowest BCUT2D eigenvalue weighted by Crippen LogP contribution is -2.43. The Morgan fingerprint density at radius 2 is 2.00 bits per heavy atom. The van der Waals surface area contributed by atoms with Gasteiger partial charge in [0.1, 0.15) is 5.69 Å². The summed E-state index contributed by atoms with van der Waals surface area (Å²) >= 11 is 0. The number of rotatable bonds is 6. The molecule has 1 aliphatic heterocycles. The maximum Gasteiger partial charge on any atom is 0.272 e. The first kappa shape index (κ1) is 18.4. The lowest BCUT2D eigenvalue weighted by Gasteiger charge is -2.35. The van der Waals surface area contributed by atoms with Gasteiger partial charge in [0.2, 0.25) is 5.95 Å². The van der Waals surface area contributed by atoms with E-state index in [9.17, 15) is 4.79 Å². The van der Waals surface area contributed by atoms with E-state index in [1.807, 2.05) is 23.1 Å². The van der Waals surface area contributed by atoms with Crippen molar-refractivity contribution in [3.8, 4) is 0 Å². The second kappa shape index (κ2) is 8.79. The first-order valence-corrected chi connectivity index (χ1v) is 9.65. The second-order valence-electron chi connectivity index (χ2n) is 6.80. The van der Waals surface area contributed by atoms with Gasteiger partial charge in [0.05, 0.1) is 0 Å². The molecule has 1 unspecified atom stereocenters. The van der Waals surface area contributed by atoms with Crippen molar-refractivity contribution in [3.63, 3.8) is 0 Å². The summed E-state index contributed by atoms with van der Waals surface area (Å²) in [6.45, 7) is 6.58.